The quantitative estimate of drug-likeness (QED) is 0.434. The number of hydrogen-bond acceptors (Lipinski definition) is 3. The molecule has 0 aliphatic heterocycles. The van der Waals surface area contributed by atoms with Crippen LogP contribution in [0.3, 0.4) is 0 Å². The summed E-state index contributed by atoms with van der Waals surface area (Å²) in [6.45, 7) is 6.80. The highest BCUT2D eigenvalue weighted by molar-refractivity contribution is 5.81. The molecule has 4 nitrogen and oxygen atoms in total. The fourth-order valence-electron chi connectivity index (χ4n) is 0.876. The Morgan fingerprint density at radius 3 is 2.64 bits per heavy atom. The van der Waals surface area contributed by atoms with E-state index in [0.29, 0.717) is 32.5 Å². The molecule has 0 aliphatic carbocycles. The Hall–Kier alpha value is -1.16. The van der Waals surface area contributed by atoms with Crippen LogP contribution in [0.2, 0.25) is 0 Å². The summed E-state index contributed by atoms with van der Waals surface area (Å²) in [5.74, 6) is 0.144. The Morgan fingerprint density at radius 2 is 2.07 bits per heavy atom. The molecule has 0 unspecified atom stereocenters. The molecule has 1 amide bonds. The van der Waals surface area contributed by atoms with Gasteiger partial charge in [-0.3, -0.25) is 9.59 Å². The number of rotatable bonds is 8. The van der Waals surface area contributed by atoms with Gasteiger partial charge in [0.25, 0.3) is 0 Å². The first-order chi connectivity index (χ1) is 6.70. The molecule has 0 aromatic heterocycles. The SMILES string of the molecule is C=CCC(=O)CNCCNC(=O)CC. The van der Waals surface area contributed by atoms with E-state index in [2.05, 4.69) is 17.2 Å². The number of allylic oxidation sites excluding steroid dienone is 1. The first kappa shape index (κ1) is 12.8. The van der Waals surface area contributed by atoms with Crippen LogP contribution in [-0.4, -0.2) is 31.3 Å². The zero-order valence-electron chi connectivity index (χ0n) is 8.64. The molecule has 0 aromatic rings. The van der Waals surface area contributed by atoms with Gasteiger partial charge in [-0.05, 0) is 0 Å². The molecule has 80 valence electrons. The second-order valence-electron chi connectivity index (χ2n) is 2.91. The number of hydrogen-bond donors (Lipinski definition) is 2. The normalized spacial score (nSPS) is 9.50. The third-order valence-corrected chi connectivity index (χ3v) is 1.64. The minimum absolute atomic E-state index is 0.0317. The lowest BCUT2D eigenvalue weighted by molar-refractivity contribution is -0.120. The first-order valence-corrected chi connectivity index (χ1v) is 4.80. The number of Topliss-reactive ketones (excluding diaryl/α,β-unsaturated/α-hetero) is 1. The van der Waals surface area contributed by atoms with Gasteiger partial charge in [0.2, 0.25) is 5.91 Å². The molecule has 0 rings (SSSR count). The average Bonchev–Trinajstić information content (AvgIpc) is 2.17. The molecular weight excluding hydrogens is 180 g/mol. The number of amides is 1. The molecule has 0 heterocycles. The van der Waals surface area contributed by atoms with Gasteiger partial charge in [0.15, 0.2) is 0 Å². The summed E-state index contributed by atoms with van der Waals surface area (Å²) in [7, 11) is 0. The topological polar surface area (TPSA) is 58.2 Å². The van der Waals surface area contributed by atoms with Gasteiger partial charge in [-0.1, -0.05) is 13.0 Å². The lowest BCUT2D eigenvalue weighted by atomic mass is 10.3. The monoisotopic (exact) mass is 198 g/mol. The maximum Gasteiger partial charge on any atom is 0.219 e. The largest absolute Gasteiger partial charge is 0.355 e. The second kappa shape index (κ2) is 8.44. The number of nitrogens with one attached hydrogen (secondary N) is 2. The Labute approximate surface area is 84.8 Å². The third kappa shape index (κ3) is 7.49. The van der Waals surface area contributed by atoms with Gasteiger partial charge in [-0.2, -0.15) is 0 Å². The fraction of sp³-hybridized carbons (Fsp3) is 0.600. The van der Waals surface area contributed by atoms with Gasteiger partial charge < -0.3 is 10.6 Å². The van der Waals surface area contributed by atoms with Crippen molar-refractivity contribution in [3.63, 3.8) is 0 Å². The van der Waals surface area contributed by atoms with Crippen LogP contribution in [0.25, 0.3) is 0 Å². The maximum atomic E-state index is 11.0. The van der Waals surface area contributed by atoms with Crippen LogP contribution in [0.5, 0.6) is 0 Å². The molecule has 0 fully saturated rings. The molecule has 0 atom stereocenters. The van der Waals surface area contributed by atoms with E-state index in [1.165, 1.54) is 0 Å². The van der Waals surface area contributed by atoms with Crippen molar-refractivity contribution in [2.75, 3.05) is 19.6 Å². The summed E-state index contributed by atoms with van der Waals surface area (Å²) in [6.07, 6.45) is 2.48. The molecule has 0 radical (unpaired) electrons. The summed E-state index contributed by atoms with van der Waals surface area (Å²) in [6, 6.07) is 0. The molecule has 4 heteroatoms. The van der Waals surface area contributed by atoms with Crippen molar-refractivity contribution >= 4 is 11.7 Å². The Morgan fingerprint density at radius 1 is 1.36 bits per heavy atom. The van der Waals surface area contributed by atoms with Gasteiger partial charge in [0.1, 0.15) is 5.78 Å². The van der Waals surface area contributed by atoms with E-state index >= 15 is 0 Å². The van der Waals surface area contributed by atoms with E-state index in [9.17, 15) is 9.59 Å². The molecule has 2 N–H and O–H groups in total. The standard InChI is InChI=1S/C10H18N2O2/c1-3-5-9(13)8-11-6-7-12-10(14)4-2/h3,11H,1,4-8H2,2H3,(H,12,14). The lowest BCUT2D eigenvalue weighted by Gasteiger charge is -2.04. The van der Waals surface area contributed by atoms with Gasteiger partial charge in [-0.25, -0.2) is 0 Å². The molecule has 0 aliphatic rings. The van der Waals surface area contributed by atoms with E-state index in [-0.39, 0.29) is 11.7 Å². The smallest absolute Gasteiger partial charge is 0.219 e. The minimum atomic E-state index is 0.0317. The lowest BCUT2D eigenvalue weighted by Crippen LogP contribution is -2.33. The van der Waals surface area contributed by atoms with E-state index in [1.807, 2.05) is 0 Å². The Kier molecular flexibility index (Phi) is 7.74. The van der Waals surface area contributed by atoms with Crippen molar-refractivity contribution in [2.24, 2.45) is 0 Å². The van der Waals surface area contributed by atoms with Gasteiger partial charge in [-0.15, -0.1) is 6.58 Å². The molecule has 0 saturated heterocycles. The van der Waals surface area contributed by atoms with Crippen molar-refractivity contribution in [3.05, 3.63) is 12.7 Å². The van der Waals surface area contributed by atoms with Crippen molar-refractivity contribution in [1.82, 2.24) is 10.6 Å². The van der Waals surface area contributed by atoms with E-state index < -0.39 is 0 Å². The van der Waals surface area contributed by atoms with Gasteiger partial charge in [0.05, 0.1) is 6.54 Å². The summed E-state index contributed by atoms with van der Waals surface area (Å²) in [4.78, 5) is 21.8. The van der Waals surface area contributed by atoms with Crippen molar-refractivity contribution in [3.8, 4) is 0 Å². The third-order valence-electron chi connectivity index (χ3n) is 1.64. The zero-order valence-corrected chi connectivity index (χ0v) is 8.64. The Bertz CT molecular complexity index is 202. The highest BCUT2D eigenvalue weighted by Gasteiger charge is 1.98. The molecule has 0 saturated carbocycles. The highest BCUT2D eigenvalue weighted by atomic mass is 16.1. The van der Waals surface area contributed by atoms with Gasteiger partial charge >= 0.3 is 0 Å². The van der Waals surface area contributed by atoms with Crippen LogP contribution >= 0.6 is 0 Å². The van der Waals surface area contributed by atoms with Crippen molar-refractivity contribution in [1.29, 1.82) is 0 Å². The highest BCUT2D eigenvalue weighted by Crippen LogP contribution is 1.80. The Balaban J connectivity index is 3.25. The van der Waals surface area contributed by atoms with Crippen LogP contribution in [0.15, 0.2) is 12.7 Å². The zero-order chi connectivity index (χ0) is 10.8. The fourth-order valence-corrected chi connectivity index (χ4v) is 0.876. The van der Waals surface area contributed by atoms with E-state index in [1.54, 1.807) is 13.0 Å². The number of carbonyl (C=O) groups excluding carboxylic acids is 2. The summed E-state index contributed by atoms with van der Waals surface area (Å²) in [5, 5.41) is 5.64. The number of carbonyl (C=O) groups is 2. The summed E-state index contributed by atoms with van der Waals surface area (Å²) < 4.78 is 0. The van der Waals surface area contributed by atoms with Crippen molar-refractivity contribution in [2.45, 2.75) is 19.8 Å². The van der Waals surface area contributed by atoms with Gasteiger partial charge in [0, 0.05) is 25.9 Å². The molecule has 0 bridgehead atoms. The van der Waals surface area contributed by atoms with E-state index in [0.717, 1.165) is 0 Å². The van der Waals surface area contributed by atoms with Crippen molar-refractivity contribution < 1.29 is 9.59 Å². The average molecular weight is 198 g/mol. The van der Waals surface area contributed by atoms with Crippen LogP contribution in [-0.2, 0) is 9.59 Å². The number of ketones is 1. The van der Waals surface area contributed by atoms with E-state index in [4.69, 9.17) is 0 Å². The first-order valence-electron chi connectivity index (χ1n) is 4.80. The van der Waals surface area contributed by atoms with Crippen LogP contribution in [0, 0.1) is 0 Å². The second-order valence-corrected chi connectivity index (χ2v) is 2.91. The van der Waals surface area contributed by atoms with Crippen LogP contribution < -0.4 is 10.6 Å². The molecule has 14 heavy (non-hydrogen) atoms. The summed E-state index contributed by atoms with van der Waals surface area (Å²) in [5.41, 5.74) is 0. The predicted octanol–water partition coefficient (Wildman–Crippen LogP) is 0.247. The maximum absolute atomic E-state index is 11.0. The predicted molar refractivity (Wildman–Crippen MR) is 56.0 cm³/mol. The molecule has 0 spiro atoms. The molecular formula is C10H18N2O2. The molecule has 0 aromatic carbocycles. The summed E-state index contributed by atoms with van der Waals surface area (Å²) >= 11 is 0. The minimum Gasteiger partial charge on any atom is -0.355 e. The van der Waals surface area contributed by atoms with Crippen LogP contribution in [0.4, 0.5) is 0 Å². The van der Waals surface area contributed by atoms with Crippen LogP contribution in [0.1, 0.15) is 19.8 Å².